The first-order valence-corrected chi connectivity index (χ1v) is 11.7. The van der Waals surface area contributed by atoms with Gasteiger partial charge >= 0.3 is 0 Å². The van der Waals surface area contributed by atoms with Crippen molar-refractivity contribution in [2.75, 3.05) is 0 Å². The Morgan fingerprint density at radius 2 is 2.00 bits per heavy atom. The Balaban J connectivity index is 2.35. The normalized spacial score (nSPS) is 14.8. The van der Waals surface area contributed by atoms with Crippen molar-refractivity contribution in [3.05, 3.63) is 46.5 Å². The molecule has 0 radical (unpaired) electrons. The molecule has 0 spiro atoms. The molecule has 1 unspecified atom stereocenters. The van der Waals surface area contributed by atoms with Gasteiger partial charge < -0.3 is 5.11 Å². The molecule has 7 heteroatoms. The van der Waals surface area contributed by atoms with E-state index in [0.717, 1.165) is 6.04 Å². The number of aliphatic hydroxyl groups is 1. The van der Waals surface area contributed by atoms with Crippen molar-refractivity contribution < 1.29 is 5.11 Å². The van der Waals surface area contributed by atoms with E-state index in [2.05, 4.69) is 29.7 Å². The highest BCUT2D eigenvalue weighted by Crippen LogP contribution is 2.36. The lowest BCUT2D eigenvalue weighted by Crippen LogP contribution is -2.35. The predicted octanol–water partition coefficient (Wildman–Crippen LogP) is 4.20. The van der Waals surface area contributed by atoms with Gasteiger partial charge in [-0.15, -0.1) is 0 Å². The van der Waals surface area contributed by atoms with Gasteiger partial charge in [-0.3, -0.25) is 0 Å². The molecule has 1 atom stereocenters. The van der Waals surface area contributed by atoms with Crippen LogP contribution in [0.1, 0.15) is 12.0 Å². The van der Waals surface area contributed by atoms with E-state index in [1.54, 1.807) is 29.2 Å². The molecule has 0 aliphatic rings. The summed E-state index contributed by atoms with van der Waals surface area (Å²) in [5.74, 6) is 0. The molecule has 0 amide bonds. The van der Waals surface area contributed by atoms with E-state index in [1.165, 1.54) is 6.33 Å². The maximum absolute atomic E-state index is 11.3. The summed E-state index contributed by atoms with van der Waals surface area (Å²) in [6, 6.07) is 6.20. The van der Waals surface area contributed by atoms with E-state index in [-0.39, 0.29) is 0 Å². The number of aromatic nitrogens is 3. The minimum atomic E-state index is -1.30. The van der Waals surface area contributed by atoms with Gasteiger partial charge in [0.25, 0.3) is 0 Å². The van der Waals surface area contributed by atoms with Crippen LogP contribution < -0.4 is 0 Å². The second kappa shape index (κ2) is 6.70. The lowest BCUT2D eigenvalue weighted by atomic mass is 9.91. The first-order chi connectivity index (χ1) is 10.2. The van der Waals surface area contributed by atoms with Gasteiger partial charge in [-0.1, -0.05) is 55.0 Å². The number of hydrogen-bond donors (Lipinski definition) is 1. The number of rotatable bonds is 6. The van der Waals surface area contributed by atoms with Crippen LogP contribution in [0.25, 0.3) is 0 Å². The Bertz CT molecular complexity index is 628. The zero-order chi connectivity index (χ0) is 16.4. The van der Waals surface area contributed by atoms with E-state index in [4.69, 9.17) is 23.2 Å². The second-order valence-electron chi connectivity index (χ2n) is 6.81. The summed E-state index contributed by atoms with van der Waals surface area (Å²) in [6.07, 6.45) is 3.69. The molecular weight excluding hydrogens is 337 g/mol. The fourth-order valence-electron chi connectivity index (χ4n) is 2.33. The van der Waals surface area contributed by atoms with Crippen LogP contribution >= 0.6 is 23.2 Å². The average molecular weight is 358 g/mol. The number of hydrogen-bond acceptors (Lipinski definition) is 3. The summed E-state index contributed by atoms with van der Waals surface area (Å²) < 4.78 is 1.63. The summed E-state index contributed by atoms with van der Waals surface area (Å²) in [7, 11) is -1.30. The molecule has 22 heavy (non-hydrogen) atoms. The molecule has 0 saturated carbocycles. The molecule has 2 aromatic rings. The number of nitrogens with zero attached hydrogens (tertiary/aromatic N) is 3. The lowest BCUT2D eigenvalue weighted by Gasteiger charge is -2.32. The average Bonchev–Trinajstić information content (AvgIpc) is 2.88. The fraction of sp³-hybridized carbons (Fsp3) is 0.467. The summed E-state index contributed by atoms with van der Waals surface area (Å²) in [4.78, 5) is 3.94. The molecule has 1 aromatic carbocycles. The van der Waals surface area contributed by atoms with Gasteiger partial charge in [-0.25, -0.2) is 9.67 Å². The summed E-state index contributed by atoms with van der Waals surface area (Å²) in [5.41, 5.74) is -0.400. The molecule has 0 aliphatic heterocycles. The number of benzene rings is 1. The van der Waals surface area contributed by atoms with Crippen LogP contribution in [-0.4, -0.2) is 27.9 Å². The Kier molecular flexibility index (Phi) is 5.32. The fourth-order valence-corrected chi connectivity index (χ4v) is 4.08. The summed E-state index contributed by atoms with van der Waals surface area (Å²) >= 11 is 12.3. The Hall–Kier alpha value is -0.883. The van der Waals surface area contributed by atoms with E-state index in [9.17, 15) is 5.11 Å². The Labute approximate surface area is 142 Å². The van der Waals surface area contributed by atoms with Gasteiger partial charge in [0.2, 0.25) is 0 Å². The van der Waals surface area contributed by atoms with E-state index >= 15 is 0 Å². The van der Waals surface area contributed by atoms with E-state index in [0.29, 0.717) is 28.6 Å². The maximum Gasteiger partial charge on any atom is 0.137 e. The molecule has 2 rings (SSSR count). The van der Waals surface area contributed by atoms with Gasteiger partial charge in [0.15, 0.2) is 0 Å². The van der Waals surface area contributed by atoms with Gasteiger partial charge in [-0.05, 0) is 18.6 Å². The molecule has 4 nitrogen and oxygen atoms in total. The molecule has 1 aromatic heterocycles. The molecule has 0 fully saturated rings. The molecule has 1 N–H and O–H groups in total. The third kappa shape index (κ3) is 4.55. The van der Waals surface area contributed by atoms with Gasteiger partial charge in [-0.2, -0.15) is 5.10 Å². The van der Waals surface area contributed by atoms with Crippen LogP contribution in [0.4, 0.5) is 0 Å². The summed E-state index contributed by atoms with van der Waals surface area (Å²) in [5, 5.41) is 16.4. The van der Waals surface area contributed by atoms with Crippen molar-refractivity contribution >= 4 is 31.3 Å². The minimum Gasteiger partial charge on any atom is -0.383 e. The molecule has 0 bridgehead atoms. The van der Waals surface area contributed by atoms with Crippen LogP contribution in [-0.2, 0) is 12.1 Å². The molecule has 1 heterocycles. The van der Waals surface area contributed by atoms with Gasteiger partial charge in [0.05, 0.1) is 6.54 Å². The number of halogens is 2. The highest BCUT2D eigenvalue weighted by atomic mass is 35.5. The van der Waals surface area contributed by atoms with Crippen LogP contribution in [0.3, 0.4) is 0 Å². The van der Waals surface area contributed by atoms with Crippen LogP contribution in [0.2, 0.25) is 35.7 Å². The van der Waals surface area contributed by atoms with Gasteiger partial charge in [0, 0.05) is 23.7 Å². The van der Waals surface area contributed by atoms with Crippen molar-refractivity contribution in [2.45, 2.75) is 44.3 Å². The lowest BCUT2D eigenvalue weighted by molar-refractivity contribution is 0.0107. The predicted molar refractivity (Wildman–Crippen MR) is 93.2 cm³/mol. The molecule has 0 aliphatic carbocycles. The zero-order valence-corrected chi connectivity index (χ0v) is 15.6. The topological polar surface area (TPSA) is 50.9 Å². The Morgan fingerprint density at radius 1 is 1.27 bits per heavy atom. The standard InChI is InChI=1S/C15H21Cl2N3OSi/c1-22(2,3)7-6-15(21,9-20-11-18-10-19-20)13-5-4-12(16)8-14(13)17/h4-5,8,10-11,21H,6-7,9H2,1-3H3. The monoisotopic (exact) mass is 357 g/mol. The van der Waals surface area contributed by atoms with E-state index in [1.807, 2.05) is 0 Å². The largest absolute Gasteiger partial charge is 0.383 e. The first kappa shape index (κ1) is 17.5. The van der Waals surface area contributed by atoms with Crippen LogP contribution in [0, 0.1) is 0 Å². The van der Waals surface area contributed by atoms with Crippen molar-refractivity contribution in [2.24, 2.45) is 0 Å². The smallest absolute Gasteiger partial charge is 0.137 e. The highest BCUT2D eigenvalue weighted by Gasteiger charge is 2.34. The maximum atomic E-state index is 11.3. The quantitative estimate of drug-likeness (QED) is 0.788. The third-order valence-electron chi connectivity index (χ3n) is 3.61. The molecular formula is C15H21Cl2N3OSi. The highest BCUT2D eigenvalue weighted by molar-refractivity contribution is 6.76. The van der Waals surface area contributed by atoms with Gasteiger partial charge in [0.1, 0.15) is 18.3 Å². The SMILES string of the molecule is C[Si](C)(C)CCC(O)(Cn1cncn1)c1ccc(Cl)cc1Cl. The van der Waals surface area contributed by atoms with Crippen molar-refractivity contribution in [1.29, 1.82) is 0 Å². The van der Waals surface area contributed by atoms with Crippen molar-refractivity contribution in [1.82, 2.24) is 14.8 Å². The Morgan fingerprint density at radius 3 is 2.55 bits per heavy atom. The van der Waals surface area contributed by atoms with Crippen LogP contribution in [0.5, 0.6) is 0 Å². The minimum absolute atomic E-state index is 0.318. The first-order valence-electron chi connectivity index (χ1n) is 7.20. The summed E-state index contributed by atoms with van der Waals surface area (Å²) in [6.45, 7) is 7.17. The molecule has 0 saturated heterocycles. The van der Waals surface area contributed by atoms with Crippen LogP contribution in [0.15, 0.2) is 30.9 Å². The third-order valence-corrected chi connectivity index (χ3v) is 5.91. The second-order valence-corrected chi connectivity index (χ2v) is 13.3. The van der Waals surface area contributed by atoms with Crippen molar-refractivity contribution in [3.8, 4) is 0 Å². The van der Waals surface area contributed by atoms with E-state index < -0.39 is 13.7 Å². The molecule has 120 valence electrons. The van der Waals surface area contributed by atoms with Crippen molar-refractivity contribution in [3.63, 3.8) is 0 Å². The zero-order valence-electron chi connectivity index (χ0n) is 13.1.